The van der Waals surface area contributed by atoms with E-state index in [9.17, 15) is 4.79 Å². The van der Waals surface area contributed by atoms with Crippen LogP contribution < -0.4 is 5.73 Å². The summed E-state index contributed by atoms with van der Waals surface area (Å²) in [4.78, 5) is 18.2. The number of hydrogen-bond acceptors (Lipinski definition) is 3. The molecule has 0 radical (unpaired) electrons. The second-order valence-electron chi connectivity index (χ2n) is 6.96. The number of para-hydroxylation sites is 1. The number of pyridine rings is 1. The Morgan fingerprint density at radius 1 is 1.17 bits per heavy atom. The first-order valence-corrected chi connectivity index (χ1v) is 9.05. The SMILES string of the molecule is NC(=O)CN(CCC1CCCCC1)Cc1cccc2cccnc12. The first kappa shape index (κ1) is 16.9. The molecule has 0 saturated heterocycles. The average Bonchev–Trinajstić information content (AvgIpc) is 2.60. The Balaban J connectivity index is 1.69. The summed E-state index contributed by atoms with van der Waals surface area (Å²) < 4.78 is 0. The predicted molar refractivity (Wildman–Crippen MR) is 97.4 cm³/mol. The Hall–Kier alpha value is -1.94. The molecule has 1 amide bonds. The van der Waals surface area contributed by atoms with Crippen molar-refractivity contribution >= 4 is 16.8 Å². The second-order valence-corrected chi connectivity index (χ2v) is 6.96. The predicted octanol–water partition coefficient (Wildman–Crippen LogP) is 3.49. The highest BCUT2D eigenvalue weighted by Gasteiger charge is 2.17. The van der Waals surface area contributed by atoms with Gasteiger partial charge in [0, 0.05) is 18.1 Å². The number of nitrogens with two attached hydrogens (primary N) is 1. The minimum absolute atomic E-state index is 0.258. The quantitative estimate of drug-likeness (QED) is 0.847. The van der Waals surface area contributed by atoms with Crippen LogP contribution in [-0.4, -0.2) is 28.9 Å². The van der Waals surface area contributed by atoms with E-state index >= 15 is 0 Å². The maximum absolute atomic E-state index is 11.5. The molecule has 24 heavy (non-hydrogen) atoms. The molecule has 1 aliphatic rings. The molecule has 0 atom stereocenters. The van der Waals surface area contributed by atoms with Crippen molar-refractivity contribution in [2.24, 2.45) is 11.7 Å². The number of amides is 1. The van der Waals surface area contributed by atoms with Gasteiger partial charge in [-0.25, -0.2) is 0 Å². The zero-order valence-corrected chi connectivity index (χ0v) is 14.3. The largest absolute Gasteiger partial charge is 0.369 e. The van der Waals surface area contributed by atoms with E-state index in [2.05, 4.69) is 34.1 Å². The number of carbonyl (C=O) groups is 1. The number of fused-ring (bicyclic) bond motifs is 1. The number of aromatic nitrogens is 1. The monoisotopic (exact) mass is 325 g/mol. The maximum atomic E-state index is 11.5. The van der Waals surface area contributed by atoms with Crippen LogP contribution in [0, 0.1) is 5.92 Å². The first-order valence-electron chi connectivity index (χ1n) is 9.05. The smallest absolute Gasteiger partial charge is 0.231 e. The highest BCUT2D eigenvalue weighted by molar-refractivity contribution is 5.81. The summed E-state index contributed by atoms with van der Waals surface area (Å²) in [6.07, 6.45) is 9.74. The molecule has 0 aliphatic heterocycles. The fraction of sp³-hybridized carbons (Fsp3) is 0.500. The molecule has 0 unspecified atom stereocenters. The van der Waals surface area contributed by atoms with Crippen molar-refractivity contribution in [3.05, 3.63) is 42.1 Å². The summed E-state index contributed by atoms with van der Waals surface area (Å²) in [5.41, 5.74) is 7.66. The lowest BCUT2D eigenvalue weighted by Crippen LogP contribution is -2.35. The third-order valence-corrected chi connectivity index (χ3v) is 5.07. The molecule has 1 aromatic heterocycles. The van der Waals surface area contributed by atoms with Crippen LogP contribution in [0.5, 0.6) is 0 Å². The van der Waals surface area contributed by atoms with Gasteiger partial charge in [-0.05, 0) is 30.5 Å². The highest BCUT2D eigenvalue weighted by atomic mass is 16.1. The molecule has 4 nitrogen and oxygen atoms in total. The lowest BCUT2D eigenvalue weighted by molar-refractivity contribution is -0.119. The van der Waals surface area contributed by atoms with Crippen molar-refractivity contribution in [2.45, 2.75) is 45.1 Å². The van der Waals surface area contributed by atoms with Gasteiger partial charge in [0.2, 0.25) is 5.91 Å². The van der Waals surface area contributed by atoms with E-state index in [4.69, 9.17) is 5.73 Å². The van der Waals surface area contributed by atoms with Gasteiger partial charge >= 0.3 is 0 Å². The van der Waals surface area contributed by atoms with Crippen molar-refractivity contribution in [2.75, 3.05) is 13.1 Å². The molecule has 4 heteroatoms. The summed E-state index contributed by atoms with van der Waals surface area (Å²) >= 11 is 0. The zero-order valence-electron chi connectivity index (χ0n) is 14.3. The van der Waals surface area contributed by atoms with Gasteiger partial charge in [0.15, 0.2) is 0 Å². The van der Waals surface area contributed by atoms with Crippen LogP contribution in [-0.2, 0) is 11.3 Å². The zero-order chi connectivity index (χ0) is 16.8. The fourth-order valence-corrected chi connectivity index (χ4v) is 3.81. The Bertz CT molecular complexity index is 674. The third-order valence-electron chi connectivity index (χ3n) is 5.07. The van der Waals surface area contributed by atoms with Crippen LogP contribution in [0.25, 0.3) is 10.9 Å². The Morgan fingerprint density at radius 3 is 2.75 bits per heavy atom. The summed E-state index contributed by atoms with van der Waals surface area (Å²) in [6.45, 7) is 1.97. The summed E-state index contributed by atoms with van der Waals surface area (Å²) in [7, 11) is 0. The molecule has 128 valence electrons. The van der Waals surface area contributed by atoms with Crippen molar-refractivity contribution in [1.29, 1.82) is 0 Å². The normalized spacial score (nSPS) is 15.9. The number of nitrogens with zero attached hydrogens (tertiary/aromatic N) is 2. The van der Waals surface area contributed by atoms with Crippen LogP contribution >= 0.6 is 0 Å². The van der Waals surface area contributed by atoms with E-state index in [1.165, 1.54) is 32.1 Å². The topological polar surface area (TPSA) is 59.2 Å². The van der Waals surface area contributed by atoms with Gasteiger partial charge in [-0.1, -0.05) is 56.4 Å². The van der Waals surface area contributed by atoms with Crippen LogP contribution in [0.1, 0.15) is 44.1 Å². The van der Waals surface area contributed by atoms with Gasteiger partial charge in [0.25, 0.3) is 0 Å². The standard InChI is InChI=1S/C20H27N3O/c21-19(24)15-23(13-11-16-6-2-1-3-7-16)14-18-9-4-8-17-10-5-12-22-20(17)18/h4-5,8-10,12,16H,1-3,6-7,11,13-15H2,(H2,21,24). The molecule has 2 N–H and O–H groups in total. The second kappa shape index (κ2) is 8.25. The molecule has 1 heterocycles. The molecule has 0 spiro atoms. The molecular weight excluding hydrogens is 298 g/mol. The summed E-state index contributed by atoms with van der Waals surface area (Å²) in [5, 5.41) is 1.14. The number of carbonyl (C=O) groups excluding carboxylic acids is 1. The van der Waals surface area contributed by atoms with Crippen LogP contribution in [0.2, 0.25) is 0 Å². The minimum atomic E-state index is -0.258. The third kappa shape index (κ3) is 4.54. The number of primary amides is 1. The fourth-order valence-electron chi connectivity index (χ4n) is 3.81. The van der Waals surface area contributed by atoms with Gasteiger partial charge in [-0.15, -0.1) is 0 Å². The van der Waals surface area contributed by atoms with Gasteiger partial charge in [-0.2, -0.15) is 0 Å². The number of benzene rings is 1. The summed E-state index contributed by atoms with van der Waals surface area (Å²) in [5.74, 6) is 0.548. The number of rotatable bonds is 7. The van der Waals surface area contributed by atoms with E-state index in [0.29, 0.717) is 6.54 Å². The van der Waals surface area contributed by atoms with Crippen molar-refractivity contribution < 1.29 is 4.79 Å². The van der Waals surface area contributed by atoms with E-state index in [1.807, 2.05) is 12.3 Å². The number of hydrogen-bond donors (Lipinski definition) is 1. The lowest BCUT2D eigenvalue weighted by atomic mass is 9.87. The molecule has 2 aromatic rings. The van der Waals surface area contributed by atoms with Crippen molar-refractivity contribution in [3.63, 3.8) is 0 Å². The van der Waals surface area contributed by atoms with Crippen molar-refractivity contribution in [3.8, 4) is 0 Å². The molecule has 1 aromatic carbocycles. The highest BCUT2D eigenvalue weighted by Crippen LogP contribution is 2.27. The first-order chi connectivity index (χ1) is 11.7. The Morgan fingerprint density at radius 2 is 1.96 bits per heavy atom. The van der Waals surface area contributed by atoms with E-state index in [-0.39, 0.29) is 5.91 Å². The van der Waals surface area contributed by atoms with Crippen LogP contribution in [0.3, 0.4) is 0 Å². The lowest BCUT2D eigenvalue weighted by Gasteiger charge is -2.26. The maximum Gasteiger partial charge on any atom is 0.231 e. The minimum Gasteiger partial charge on any atom is -0.369 e. The van der Waals surface area contributed by atoms with Gasteiger partial charge in [0.05, 0.1) is 12.1 Å². The van der Waals surface area contributed by atoms with Gasteiger partial charge in [-0.3, -0.25) is 14.7 Å². The van der Waals surface area contributed by atoms with E-state index < -0.39 is 0 Å². The van der Waals surface area contributed by atoms with Gasteiger partial charge in [0.1, 0.15) is 0 Å². The summed E-state index contributed by atoms with van der Waals surface area (Å²) in [6, 6.07) is 10.3. The van der Waals surface area contributed by atoms with Crippen molar-refractivity contribution in [1.82, 2.24) is 9.88 Å². The molecule has 1 fully saturated rings. The van der Waals surface area contributed by atoms with Crippen LogP contribution in [0.15, 0.2) is 36.5 Å². The Labute approximate surface area is 144 Å². The molecule has 1 saturated carbocycles. The molecule has 3 rings (SSSR count). The molecular formula is C20H27N3O. The molecule has 0 bridgehead atoms. The van der Waals surface area contributed by atoms with Crippen LogP contribution in [0.4, 0.5) is 0 Å². The molecule has 1 aliphatic carbocycles. The average molecular weight is 325 g/mol. The van der Waals surface area contributed by atoms with E-state index in [1.54, 1.807) is 0 Å². The van der Waals surface area contributed by atoms with E-state index in [0.717, 1.165) is 41.9 Å². The van der Waals surface area contributed by atoms with Gasteiger partial charge < -0.3 is 5.73 Å². The Kier molecular flexibility index (Phi) is 5.81.